The second-order valence-electron chi connectivity index (χ2n) is 5.90. The Bertz CT molecular complexity index is 461. The molecule has 4 nitrogen and oxygen atoms in total. The second-order valence-corrected chi connectivity index (χ2v) is 5.90. The third-order valence-corrected chi connectivity index (χ3v) is 3.98. The molecular formula is C17H27NO3. The molecule has 118 valence electrons. The summed E-state index contributed by atoms with van der Waals surface area (Å²) in [5.74, 6) is 0.910. The van der Waals surface area contributed by atoms with Crippen molar-refractivity contribution in [1.29, 1.82) is 0 Å². The van der Waals surface area contributed by atoms with Crippen molar-refractivity contribution < 1.29 is 14.6 Å². The molecule has 1 N–H and O–H groups in total. The van der Waals surface area contributed by atoms with Gasteiger partial charge in [0.25, 0.3) is 0 Å². The van der Waals surface area contributed by atoms with Gasteiger partial charge in [0.05, 0.1) is 25.4 Å². The van der Waals surface area contributed by atoms with Crippen LogP contribution in [-0.4, -0.2) is 41.9 Å². The van der Waals surface area contributed by atoms with Crippen LogP contribution in [0.1, 0.15) is 44.9 Å². The molecule has 0 aromatic heterocycles. The second kappa shape index (κ2) is 7.25. The molecule has 4 heteroatoms. The first-order valence-electron chi connectivity index (χ1n) is 7.80. The van der Waals surface area contributed by atoms with Crippen molar-refractivity contribution in [2.45, 2.75) is 52.5 Å². The maximum Gasteiger partial charge on any atom is 0.123 e. The molecule has 1 aromatic rings. The van der Waals surface area contributed by atoms with E-state index >= 15 is 0 Å². The van der Waals surface area contributed by atoms with Crippen molar-refractivity contribution in [3.05, 3.63) is 29.3 Å². The number of aliphatic hydroxyl groups excluding tert-OH is 1. The maximum atomic E-state index is 9.79. The Labute approximate surface area is 127 Å². The number of hydrogen-bond donors (Lipinski definition) is 1. The van der Waals surface area contributed by atoms with E-state index in [-0.39, 0.29) is 6.10 Å². The number of hydrogen-bond acceptors (Lipinski definition) is 4. The third kappa shape index (κ3) is 4.19. The van der Waals surface area contributed by atoms with Crippen LogP contribution >= 0.6 is 0 Å². The molecule has 21 heavy (non-hydrogen) atoms. The zero-order chi connectivity index (χ0) is 15.4. The lowest BCUT2D eigenvalue weighted by Crippen LogP contribution is -2.46. The summed E-state index contributed by atoms with van der Waals surface area (Å²) in [5, 5.41) is 9.79. The van der Waals surface area contributed by atoms with Gasteiger partial charge in [-0.05, 0) is 45.4 Å². The van der Waals surface area contributed by atoms with Crippen LogP contribution in [0.4, 0.5) is 0 Å². The van der Waals surface area contributed by atoms with Crippen LogP contribution in [0.2, 0.25) is 0 Å². The molecule has 1 saturated heterocycles. The Morgan fingerprint density at radius 2 is 2.19 bits per heavy atom. The highest BCUT2D eigenvalue weighted by Gasteiger charge is 2.24. The van der Waals surface area contributed by atoms with E-state index in [0.29, 0.717) is 12.6 Å². The fraction of sp³-hybridized carbons (Fsp3) is 0.647. The molecule has 1 heterocycles. The number of nitrogens with zero attached hydrogens (tertiary/aromatic N) is 1. The Morgan fingerprint density at radius 3 is 2.86 bits per heavy atom. The highest BCUT2D eigenvalue weighted by molar-refractivity contribution is 5.38. The van der Waals surface area contributed by atoms with Crippen molar-refractivity contribution in [1.82, 2.24) is 4.90 Å². The van der Waals surface area contributed by atoms with Crippen LogP contribution in [0, 0.1) is 0 Å². The predicted molar refractivity (Wildman–Crippen MR) is 83.5 cm³/mol. The van der Waals surface area contributed by atoms with Gasteiger partial charge in [0.1, 0.15) is 5.75 Å². The van der Waals surface area contributed by atoms with Crippen LogP contribution in [0.15, 0.2) is 18.2 Å². The van der Waals surface area contributed by atoms with E-state index in [1.807, 2.05) is 19.1 Å². The van der Waals surface area contributed by atoms with E-state index in [1.165, 1.54) is 0 Å². The number of ether oxygens (including phenoxy) is 2. The Balaban J connectivity index is 2.21. The van der Waals surface area contributed by atoms with Gasteiger partial charge in [0, 0.05) is 24.7 Å². The number of benzene rings is 1. The molecule has 0 saturated carbocycles. The largest absolute Gasteiger partial charge is 0.494 e. The maximum absolute atomic E-state index is 9.79. The average Bonchev–Trinajstić information content (AvgIpc) is 2.44. The fourth-order valence-corrected chi connectivity index (χ4v) is 2.69. The number of morpholine rings is 1. The van der Waals surface area contributed by atoms with Gasteiger partial charge in [-0.3, -0.25) is 4.90 Å². The van der Waals surface area contributed by atoms with E-state index < -0.39 is 6.10 Å². The average molecular weight is 293 g/mol. The Hall–Kier alpha value is -1.10. The van der Waals surface area contributed by atoms with Gasteiger partial charge < -0.3 is 14.6 Å². The minimum absolute atomic E-state index is 0.261. The molecule has 0 aliphatic carbocycles. The smallest absolute Gasteiger partial charge is 0.123 e. The highest BCUT2D eigenvalue weighted by atomic mass is 16.5. The Kier molecular flexibility index (Phi) is 5.62. The van der Waals surface area contributed by atoms with E-state index in [9.17, 15) is 5.11 Å². The molecule has 0 spiro atoms. The predicted octanol–water partition coefficient (Wildman–Crippen LogP) is 2.75. The van der Waals surface area contributed by atoms with Crippen molar-refractivity contribution in [3.8, 4) is 5.75 Å². The van der Waals surface area contributed by atoms with Gasteiger partial charge >= 0.3 is 0 Å². The summed E-state index contributed by atoms with van der Waals surface area (Å²) in [6, 6.07) is 6.36. The van der Waals surface area contributed by atoms with E-state index in [1.54, 1.807) is 6.92 Å². The van der Waals surface area contributed by atoms with E-state index in [2.05, 4.69) is 24.8 Å². The summed E-state index contributed by atoms with van der Waals surface area (Å²) in [6.45, 7) is 11.2. The molecule has 1 fully saturated rings. The standard InChI is InChI=1S/C17H27NO3/c1-5-20-17-7-6-15(14(4)19)8-16(17)10-18-9-13(3)21-11-12(18)2/h6-8,12-14,19H,5,9-11H2,1-4H3. The minimum atomic E-state index is -0.458. The van der Waals surface area contributed by atoms with Gasteiger partial charge in [-0.1, -0.05) is 6.07 Å². The van der Waals surface area contributed by atoms with Crippen molar-refractivity contribution in [2.75, 3.05) is 19.8 Å². The number of aliphatic hydroxyl groups is 1. The lowest BCUT2D eigenvalue weighted by atomic mass is 10.0. The fourth-order valence-electron chi connectivity index (χ4n) is 2.69. The van der Waals surface area contributed by atoms with Crippen molar-refractivity contribution >= 4 is 0 Å². The van der Waals surface area contributed by atoms with Gasteiger partial charge in [-0.15, -0.1) is 0 Å². The summed E-state index contributed by atoms with van der Waals surface area (Å²) < 4.78 is 11.4. The first-order valence-corrected chi connectivity index (χ1v) is 7.80. The first-order chi connectivity index (χ1) is 10.0. The molecule has 0 bridgehead atoms. The zero-order valence-corrected chi connectivity index (χ0v) is 13.5. The molecular weight excluding hydrogens is 266 g/mol. The van der Waals surface area contributed by atoms with Gasteiger partial charge in [-0.2, -0.15) is 0 Å². The summed E-state index contributed by atoms with van der Waals surface area (Å²) in [7, 11) is 0. The first kappa shape index (κ1) is 16.3. The molecule has 0 radical (unpaired) electrons. The van der Waals surface area contributed by atoms with Crippen molar-refractivity contribution in [3.63, 3.8) is 0 Å². The van der Waals surface area contributed by atoms with E-state index in [0.717, 1.165) is 36.6 Å². The van der Waals surface area contributed by atoms with Crippen LogP contribution in [0.25, 0.3) is 0 Å². The summed E-state index contributed by atoms with van der Waals surface area (Å²) in [4.78, 5) is 2.41. The molecule has 3 atom stereocenters. The van der Waals surface area contributed by atoms with Crippen LogP contribution in [0.5, 0.6) is 5.75 Å². The monoisotopic (exact) mass is 293 g/mol. The van der Waals surface area contributed by atoms with Crippen LogP contribution < -0.4 is 4.74 Å². The molecule has 1 aromatic carbocycles. The normalized spacial score (nSPS) is 24.8. The molecule has 0 amide bonds. The lowest BCUT2D eigenvalue weighted by molar-refractivity contribution is -0.0528. The Morgan fingerprint density at radius 1 is 1.43 bits per heavy atom. The summed E-state index contributed by atoms with van der Waals surface area (Å²) in [5.41, 5.74) is 2.07. The topological polar surface area (TPSA) is 41.9 Å². The molecule has 3 unspecified atom stereocenters. The van der Waals surface area contributed by atoms with Gasteiger partial charge in [-0.25, -0.2) is 0 Å². The van der Waals surface area contributed by atoms with Gasteiger partial charge in [0.15, 0.2) is 0 Å². The lowest BCUT2D eigenvalue weighted by Gasteiger charge is -2.37. The summed E-state index contributed by atoms with van der Waals surface area (Å²) in [6.07, 6.45) is -0.197. The number of rotatable bonds is 5. The SMILES string of the molecule is CCOc1ccc(C(C)O)cc1CN1CC(C)OCC1C. The minimum Gasteiger partial charge on any atom is -0.494 e. The van der Waals surface area contributed by atoms with E-state index in [4.69, 9.17) is 9.47 Å². The quantitative estimate of drug-likeness (QED) is 0.906. The van der Waals surface area contributed by atoms with Crippen LogP contribution in [0.3, 0.4) is 0 Å². The van der Waals surface area contributed by atoms with Crippen LogP contribution in [-0.2, 0) is 11.3 Å². The third-order valence-electron chi connectivity index (χ3n) is 3.98. The van der Waals surface area contributed by atoms with Crippen molar-refractivity contribution in [2.24, 2.45) is 0 Å². The zero-order valence-electron chi connectivity index (χ0n) is 13.5. The molecule has 2 rings (SSSR count). The van der Waals surface area contributed by atoms with Gasteiger partial charge in [0.2, 0.25) is 0 Å². The highest BCUT2D eigenvalue weighted by Crippen LogP contribution is 2.26. The summed E-state index contributed by atoms with van der Waals surface area (Å²) >= 11 is 0. The molecule has 1 aliphatic heterocycles. The molecule has 1 aliphatic rings.